The molecule has 1 aliphatic carbocycles. The van der Waals surface area contributed by atoms with Crippen LogP contribution in [-0.4, -0.2) is 15.0 Å². The van der Waals surface area contributed by atoms with E-state index in [9.17, 15) is 4.39 Å². The van der Waals surface area contributed by atoms with Crippen LogP contribution in [0.3, 0.4) is 0 Å². The van der Waals surface area contributed by atoms with Gasteiger partial charge >= 0.3 is 0 Å². The van der Waals surface area contributed by atoms with Crippen LogP contribution in [0.2, 0.25) is 0 Å². The number of nitrogens with zero attached hydrogens (tertiary/aromatic N) is 3. The van der Waals surface area contributed by atoms with Crippen molar-refractivity contribution in [2.24, 2.45) is 5.92 Å². The van der Waals surface area contributed by atoms with Gasteiger partial charge in [-0.3, -0.25) is 0 Å². The highest BCUT2D eigenvalue weighted by atomic mass is 32.1. The lowest BCUT2D eigenvalue weighted by Crippen LogP contribution is -2.15. The zero-order chi connectivity index (χ0) is 13.4. The number of halogens is 1. The van der Waals surface area contributed by atoms with Gasteiger partial charge in [-0.05, 0) is 37.8 Å². The molecule has 2 aromatic rings. The first kappa shape index (κ1) is 12.3. The van der Waals surface area contributed by atoms with Gasteiger partial charge in [-0.1, -0.05) is 0 Å². The van der Waals surface area contributed by atoms with Crippen LogP contribution < -0.4 is 11.1 Å². The molecule has 1 unspecified atom stereocenters. The third-order valence-corrected chi connectivity index (χ3v) is 4.00. The number of nitrogen functional groups attached to an aromatic ring is 1. The van der Waals surface area contributed by atoms with Gasteiger partial charge in [0.1, 0.15) is 5.82 Å². The van der Waals surface area contributed by atoms with E-state index in [1.807, 2.05) is 6.07 Å². The lowest BCUT2D eigenvalue weighted by molar-refractivity contribution is 0.657. The van der Waals surface area contributed by atoms with Crippen LogP contribution in [0.1, 0.15) is 29.6 Å². The zero-order valence-corrected chi connectivity index (χ0v) is 11.2. The van der Waals surface area contributed by atoms with Crippen LogP contribution in [0.5, 0.6) is 0 Å². The topological polar surface area (TPSA) is 76.7 Å². The lowest BCUT2D eigenvalue weighted by atomic mass is 10.1. The predicted molar refractivity (Wildman–Crippen MR) is 72.3 cm³/mol. The molecule has 0 bridgehead atoms. The van der Waals surface area contributed by atoms with Gasteiger partial charge in [0.2, 0.25) is 11.9 Å². The van der Waals surface area contributed by atoms with Crippen LogP contribution >= 0.6 is 11.3 Å². The van der Waals surface area contributed by atoms with Crippen molar-refractivity contribution in [1.29, 1.82) is 0 Å². The SMILES string of the molecule is Cc1nc(N)nc(NC(c2ccc(F)s2)C2CC2)n1. The number of nitrogens with one attached hydrogen (secondary N) is 1. The van der Waals surface area contributed by atoms with Gasteiger partial charge in [0.15, 0.2) is 5.13 Å². The average Bonchev–Trinajstić information content (AvgIpc) is 3.07. The van der Waals surface area contributed by atoms with E-state index in [0.29, 0.717) is 17.7 Å². The second-order valence-electron chi connectivity index (χ2n) is 4.67. The van der Waals surface area contributed by atoms with Gasteiger partial charge in [-0.2, -0.15) is 19.3 Å². The second-order valence-corrected chi connectivity index (χ2v) is 5.73. The van der Waals surface area contributed by atoms with E-state index < -0.39 is 0 Å². The van der Waals surface area contributed by atoms with Gasteiger partial charge < -0.3 is 11.1 Å². The summed E-state index contributed by atoms with van der Waals surface area (Å²) in [6, 6.07) is 3.35. The minimum absolute atomic E-state index is 0.0516. The van der Waals surface area contributed by atoms with E-state index in [4.69, 9.17) is 5.73 Å². The van der Waals surface area contributed by atoms with E-state index in [0.717, 1.165) is 29.1 Å². The van der Waals surface area contributed by atoms with Gasteiger partial charge in [-0.15, -0.1) is 11.3 Å². The smallest absolute Gasteiger partial charge is 0.228 e. The number of hydrogen-bond donors (Lipinski definition) is 2. The van der Waals surface area contributed by atoms with Crippen LogP contribution in [-0.2, 0) is 0 Å². The minimum Gasteiger partial charge on any atom is -0.368 e. The molecule has 1 saturated carbocycles. The van der Waals surface area contributed by atoms with Crippen molar-refractivity contribution in [3.8, 4) is 0 Å². The fourth-order valence-corrected chi connectivity index (χ4v) is 2.93. The van der Waals surface area contributed by atoms with E-state index in [1.165, 1.54) is 6.07 Å². The average molecular weight is 279 g/mol. The van der Waals surface area contributed by atoms with Crippen LogP contribution in [0.4, 0.5) is 16.3 Å². The summed E-state index contributed by atoms with van der Waals surface area (Å²) in [7, 11) is 0. The highest BCUT2D eigenvalue weighted by molar-refractivity contribution is 7.10. The molecular formula is C12H14FN5S. The van der Waals surface area contributed by atoms with E-state index >= 15 is 0 Å². The Bertz CT molecular complexity index is 575. The number of rotatable bonds is 4. The lowest BCUT2D eigenvalue weighted by Gasteiger charge is -2.16. The highest BCUT2D eigenvalue weighted by Crippen LogP contribution is 2.44. The molecule has 3 N–H and O–H groups in total. The monoisotopic (exact) mass is 279 g/mol. The Hall–Kier alpha value is -1.76. The van der Waals surface area contributed by atoms with Crippen molar-refractivity contribution in [3.63, 3.8) is 0 Å². The number of aromatic nitrogens is 3. The summed E-state index contributed by atoms with van der Waals surface area (Å²) >= 11 is 1.16. The van der Waals surface area contributed by atoms with Crippen LogP contribution in [0, 0.1) is 18.0 Å². The van der Waals surface area contributed by atoms with Gasteiger partial charge in [0.25, 0.3) is 0 Å². The molecule has 0 spiro atoms. The summed E-state index contributed by atoms with van der Waals surface area (Å²) in [5, 5.41) is 3.08. The van der Waals surface area contributed by atoms with Gasteiger partial charge in [-0.25, -0.2) is 0 Å². The minimum atomic E-state index is -0.172. The van der Waals surface area contributed by atoms with Crippen molar-refractivity contribution in [2.45, 2.75) is 25.8 Å². The van der Waals surface area contributed by atoms with Crippen molar-refractivity contribution in [1.82, 2.24) is 15.0 Å². The molecule has 0 saturated heterocycles. The summed E-state index contributed by atoms with van der Waals surface area (Å²) in [4.78, 5) is 13.2. The summed E-state index contributed by atoms with van der Waals surface area (Å²) in [5.41, 5.74) is 5.61. The molecule has 0 aliphatic heterocycles. The number of anilines is 2. The largest absolute Gasteiger partial charge is 0.368 e. The van der Waals surface area contributed by atoms with Crippen molar-refractivity contribution < 1.29 is 4.39 Å². The quantitative estimate of drug-likeness (QED) is 0.899. The molecule has 5 nitrogen and oxygen atoms in total. The third-order valence-electron chi connectivity index (χ3n) is 3.04. The third kappa shape index (κ3) is 2.81. The van der Waals surface area contributed by atoms with E-state index in [2.05, 4.69) is 20.3 Å². The summed E-state index contributed by atoms with van der Waals surface area (Å²) in [5.74, 6) is 1.73. The first-order valence-corrected chi connectivity index (χ1v) is 6.93. The van der Waals surface area contributed by atoms with Crippen LogP contribution in [0.15, 0.2) is 12.1 Å². The molecule has 3 rings (SSSR count). The zero-order valence-electron chi connectivity index (χ0n) is 10.4. The molecule has 1 aliphatic rings. The number of hydrogen-bond acceptors (Lipinski definition) is 6. The highest BCUT2D eigenvalue weighted by Gasteiger charge is 2.34. The molecular weight excluding hydrogens is 265 g/mol. The molecule has 1 fully saturated rings. The summed E-state index contributed by atoms with van der Waals surface area (Å²) < 4.78 is 13.2. The molecule has 19 heavy (non-hydrogen) atoms. The summed E-state index contributed by atoms with van der Waals surface area (Å²) in [6.45, 7) is 1.76. The molecule has 0 aromatic carbocycles. The molecule has 1 atom stereocenters. The first-order chi connectivity index (χ1) is 9.11. The molecule has 0 radical (unpaired) electrons. The Morgan fingerprint density at radius 1 is 1.37 bits per heavy atom. The van der Waals surface area contributed by atoms with Gasteiger partial charge in [0.05, 0.1) is 6.04 Å². The number of aryl methyl sites for hydroxylation is 1. The maximum absolute atomic E-state index is 13.2. The molecule has 0 amide bonds. The maximum Gasteiger partial charge on any atom is 0.228 e. The molecule has 7 heteroatoms. The normalized spacial score (nSPS) is 16.3. The second kappa shape index (κ2) is 4.73. The Balaban J connectivity index is 1.85. The Kier molecular flexibility index (Phi) is 3.06. The number of thiophene rings is 1. The Labute approximate surface area is 114 Å². The van der Waals surface area contributed by atoms with E-state index in [1.54, 1.807) is 6.92 Å². The first-order valence-electron chi connectivity index (χ1n) is 6.12. The fraction of sp³-hybridized carbons (Fsp3) is 0.417. The fourth-order valence-electron chi connectivity index (χ4n) is 2.05. The summed E-state index contributed by atoms with van der Waals surface area (Å²) in [6.07, 6.45) is 2.27. The molecule has 100 valence electrons. The van der Waals surface area contributed by atoms with Crippen molar-refractivity contribution >= 4 is 23.2 Å². The van der Waals surface area contributed by atoms with Crippen molar-refractivity contribution in [3.05, 3.63) is 28.0 Å². The van der Waals surface area contributed by atoms with Crippen LogP contribution in [0.25, 0.3) is 0 Å². The molecule has 2 heterocycles. The Morgan fingerprint density at radius 3 is 2.74 bits per heavy atom. The number of nitrogens with two attached hydrogens (primary N) is 1. The predicted octanol–water partition coefficient (Wildman–Crippen LogP) is 2.53. The Morgan fingerprint density at radius 2 is 2.16 bits per heavy atom. The standard InChI is InChI=1S/C12H14FN5S/c1-6-15-11(14)18-12(16-6)17-10(7-2-3-7)8-4-5-9(13)19-8/h4-5,7,10H,2-3H2,1H3,(H3,14,15,16,17,18). The van der Waals surface area contributed by atoms with Crippen molar-refractivity contribution in [2.75, 3.05) is 11.1 Å². The maximum atomic E-state index is 13.2. The molecule has 2 aromatic heterocycles. The van der Waals surface area contributed by atoms with Gasteiger partial charge in [0, 0.05) is 4.88 Å². The van der Waals surface area contributed by atoms with E-state index in [-0.39, 0.29) is 17.1 Å².